The fourth-order valence-corrected chi connectivity index (χ4v) is 1.75. The minimum absolute atomic E-state index is 0.283. The number of pyridine rings is 1. The van der Waals surface area contributed by atoms with Gasteiger partial charge in [0.25, 0.3) is 5.91 Å². The van der Waals surface area contributed by atoms with Crippen LogP contribution in [0.2, 0.25) is 0 Å². The molecule has 1 heterocycles. The molecule has 0 unspecified atom stereocenters. The van der Waals surface area contributed by atoms with Crippen molar-refractivity contribution < 1.29 is 9.53 Å². The molecule has 0 saturated carbocycles. The number of nitrogens with one attached hydrogen (secondary N) is 1. The summed E-state index contributed by atoms with van der Waals surface area (Å²) in [5.74, 6) is 6.29. The second-order valence-corrected chi connectivity index (χ2v) is 4.09. The van der Waals surface area contributed by atoms with E-state index in [1.165, 1.54) is 7.11 Å². The molecule has 3 N–H and O–H groups in total. The van der Waals surface area contributed by atoms with Gasteiger partial charge in [-0.05, 0) is 24.3 Å². The zero-order valence-corrected chi connectivity index (χ0v) is 11.6. The van der Waals surface area contributed by atoms with Gasteiger partial charge in [-0.2, -0.15) is 0 Å². The molecule has 1 aromatic carbocycles. The monoisotopic (exact) mass is 281 g/mol. The van der Waals surface area contributed by atoms with Crippen LogP contribution in [0.15, 0.2) is 42.6 Å². The Hall–Kier alpha value is -2.84. The molecule has 0 aliphatic heterocycles. The van der Waals surface area contributed by atoms with Crippen molar-refractivity contribution in [2.24, 2.45) is 5.73 Å². The third kappa shape index (κ3) is 3.81. The number of hydrogen-bond donors (Lipinski definition) is 2. The van der Waals surface area contributed by atoms with E-state index in [1.807, 2.05) is 0 Å². The number of carbonyl (C=O) groups excluding carboxylic acids is 1. The molecule has 0 saturated heterocycles. The van der Waals surface area contributed by atoms with Crippen LogP contribution in [0.1, 0.15) is 15.9 Å². The Morgan fingerprint density at radius 2 is 2.19 bits per heavy atom. The molecule has 2 aromatic rings. The number of aromatic nitrogens is 1. The van der Waals surface area contributed by atoms with Crippen molar-refractivity contribution in [2.45, 2.75) is 0 Å². The van der Waals surface area contributed by atoms with Crippen molar-refractivity contribution in [3.05, 3.63) is 53.7 Å². The molecule has 1 amide bonds. The van der Waals surface area contributed by atoms with Gasteiger partial charge in [0.05, 0.1) is 19.2 Å². The quantitative estimate of drug-likeness (QED) is 0.839. The first-order valence-electron chi connectivity index (χ1n) is 6.34. The van der Waals surface area contributed by atoms with Gasteiger partial charge < -0.3 is 15.8 Å². The zero-order chi connectivity index (χ0) is 15.1. The predicted molar refractivity (Wildman–Crippen MR) is 81.1 cm³/mol. The van der Waals surface area contributed by atoms with Gasteiger partial charge in [0, 0.05) is 11.8 Å². The van der Waals surface area contributed by atoms with E-state index in [-0.39, 0.29) is 12.5 Å². The fourth-order valence-electron chi connectivity index (χ4n) is 1.75. The standard InChI is InChI=1S/C16H15N3O2/c1-21-14-7-3-2-6-13(14)16(20)19-15-11-12(5-4-9-17)8-10-18-15/h2-3,6-8,10-11H,9,17H2,1H3,(H,18,19,20). The van der Waals surface area contributed by atoms with E-state index in [4.69, 9.17) is 10.5 Å². The average Bonchev–Trinajstić information content (AvgIpc) is 2.53. The number of ether oxygens (including phenoxy) is 1. The molecule has 0 spiro atoms. The molecule has 0 radical (unpaired) electrons. The number of benzene rings is 1. The van der Waals surface area contributed by atoms with Crippen molar-refractivity contribution >= 4 is 11.7 Å². The van der Waals surface area contributed by atoms with Crippen LogP contribution in [0.3, 0.4) is 0 Å². The van der Waals surface area contributed by atoms with E-state index in [9.17, 15) is 4.79 Å². The van der Waals surface area contributed by atoms with Crippen LogP contribution in [0, 0.1) is 11.8 Å². The second kappa shape index (κ2) is 7.08. The molecule has 0 aliphatic rings. The van der Waals surface area contributed by atoms with E-state index in [1.54, 1.807) is 42.6 Å². The van der Waals surface area contributed by atoms with Crippen molar-refractivity contribution in [3.63, 3.8) is 0 Å². The van der Waals surface area contributed by atoms with Gasteiger partial charge in [0.1, 0.15) is 11.6 Å². The summed E-state index contributed by atoms with van der Waals surface area (Å²) in [6.45, 7) is 0.283. The maximum absolute atomic E-state index is 12.2. The number of carbonyl (C=O) groups is 1. The molecule has 21 heavy (non-hydrogen) atoms. The lowest BCUT2D eigenvalue weighted by Gasteiger charge is -2.08. The maximum atomic E-state index is 12.2. The number of amides is 1. The van der Waals surface area contributed by atoms with Gasteiger partial charge in [-0.1, -0.05) is 24.0 Å². The normalized spacial score (nSPS) is 9.43. The third-order valence-electron chi connectivity index (χ3n) is 2.69. The van der Waals surface area contributed by atoms with E-state index in [0.717, 1.165) is 5.56 Å². The highest BCUT2D eigenvalue weighted by Gasteiger charge is 2.12. The van der Waals surface area contributed by atoms with Crippen molar-refractivity contribution in [3.8, 4) is 17.6 Å². The van der Waals surface area contributed by atoms with Crippen molar-refractivity contribution in [1.82, 2.24) is 4.98 Å². The minimum Gasteiger partial charge on any atom is -0.496 e. The summed E-state index contributed by atoms with van der Waals surface area (Å²) in [4.78, 5) is 16.3. The van der Waals surface area contributed by atoms with Crippen molar-refractivity contribution in [1.29, 1.82) is 0 Å². The SMILES string of the molecule is COc1ccccc1C(=O)Nc1cc(C#CCN)ccn1. The Bertz CT molecular complexity index is 702. The Morgan fingerprint density at radius 1 is 1.38 bits per heavy atom. The summed E-state index contributed by atoms with van der Waals surface area (Å²) >= 11 is 0. The third-order valence-corrected chi connectivity index (χ3v) is 2.69. The molecule has 5 heteroatoms. The fraction of sp³-hybridized carbons (Fsp3) is 0.125. The number of methoxy groups -OCH3 is 1. The number of anilines is 1. The van der Waals surface area contributed by atoms with Gasteiger partial charge in [-0.15, -0.1) is 0 Å². The molecule has 1 aromatic heterocycles. The molecular weight excluding hydrogens is 266 g/mol. The van der Waals surface area contributed by atoms with Crippen LogP contribution >= 0.6 is 0 Å². The zero-order valence-electron chi connectivity index (χ0n) is 11.6. The lowest BCUT2D eigenvalue weighted by atomic mass is 10.2. The lowest BCUT2D eigenvalue weighted by Crippen LogP contribution is -2.14. The van der Waals surface area contributed by atoms with Crippen LogP contribution in [0.4, 0.5) is 5.82 Å². The second-order valence-electron chi connectivity index (χ2n) is 4.09. The van der Waals surface area contributed by atoms with Crippen LogP contribution < -0.4 is 15.8 Å². The summed E-state index contributed by atoms with van der Waals surface area (Å²) in [6.07, 6.45) is 1.58. The molecule has 0 bridgehead atoms. The number of hydrogen-bond acceptors (Lipinski definition) is 4. The summed E-state index contributed by atoms with van der Waals surface area (Å²) in [6, 6.07) is 10.4. The van der Waals surface area contributed by atoms with Crippen LogP contribution in [0.5, 0.6) is 5.75 Å². The van der Waals surface area contributed by atoms with Gasteiger partial charge in [-0.3, -0.25) is 4.79 Å². The average molecular weight is 281 g/mol. The van der Waals surface area contributed by atoms with E-state index in [2.05, 4.69) is 22.1 Å². The first-order chi connectivity index (χ1) is 10.2. The molecule has 0 atom stereocenters. The molecular formula is C16H15N3O2. The van der Waals surface area contributed by atoms with E-state index in [0.29, 0.717) is 17.1 Å². The Morgan fingerprint density at radius 3 is 2.95 bits per heavy atom. The van der Waals surface area contributed by atoms with Crippen LogP contribution in [0.25, 0.3) is 0 Å². The Labute approximate surface area is 123 Å². The predicted octanol–water partition coefficient (Wildman–Crippen LogP) is 1.65. The summed E-state index contributed by atoms with van der Waals surface area (Å²) in [5, 5.41) is 2.72. The topological polar surface area (TPSA) is 77.2 Å². The number of para-hydroxylation sites is 1. The highest BCUT2D eigenvalue weighted by molar-refractivity contribution is 6.05. The first-order valence-corrected chi connectivity index (χ1v) is 6.34. The van der Waals surface area contributed by atoms with Gasteiger partial charge in [-0.25, -0.2) is 4.98 Å². The Kier molecular flexibility index (Phi) is 4.91. The largest absolute Gasteiger partial charge is 0.496 e. The molecule has 2 rings (SSSR count). The molecule has 0 fully saturated rings. The molecule has 5 nitrogen and oxygen atoms in total. The van der Waals surface area contributed by atoms with E-state index < -0.39 is 0 Å². The first kappa shape index (κ1) is 14.6. The highest BCUT2D eigenvalue weighted by Crippen LogP contribution is 2.18. The highest BCUT2D eigenvalue weighted by atomic mass is 16.5. The summed E-state index contributed by atoms with van der Waals surface area (Å²) in [7, 11) is 1.52. The smallest absolute Gasteiger partial charge is 0.260 e. The van der Waals surface area contributed by atoms with Crippen LogP contribution in [-0.4, -0.2) is 24.5 Å². The lowest BCUT2D eigenvalue weighted by molar-refractivity contribution is 0.102. The van der Waals surface area contributed by atoms with Gasteiger partial charge >= 0.3 is 0 Å². The number of rotatable bonds is 3. The van der Waals surface area contributed by atoms with Crippen molar-refractivity contribution in [2.75, 3.05) is 19.0 Å². The number of nitrogens with two attached hydrogens (primary N) is 1. The maximum Gasteiger partial charge on any atom is 0.260 e. The Balaban J connectivity index is 2.20. The number of nitrogens with zero attached hydrogens (tertiary/aromatic N) is 1. The minimum atomic E-state index is -0.288. The molecule has 0 aliphatic carbocycles. The molecule has 106 valence electrons. The van der Waals surface area contributed by atoms with Crippen LogP contribution in [-0.2, 0) is 0 Å². The van der Waals surface area contributed by atoms with E-state index >= 15 is 0 Å². The summed E-state index contributed by atoms with van der Waals surface area (Å²) < 4.78 is 5.16. The van der Waals surface area contributed by atoms with Gasteiger partial charge in [0.2, 0.25) is 0 Å². The van der Waals surface area contributed by atoms with Gasteiger partial charge in [0.15, 0.2) is 0 Å². The summed E-state index contributed by atoms with van der Waals surface area (Å²) in [5.41, 5.74) is 6.52.